The first-order valence-electron chi connectivity index (χ1n) is 9.96. The number of sulfonamides is 2. The molecule has 0 saturated heterocycles. The maximum Gasteiger partial charge on any atom is 0.279 e. The van der Waals surface area contributed by atoms with Gasteiger partial charge < -0.3 is 0 Å². The molecule has 4 rings (SSSR count). The predicted molar refractivity (Wildman–Crippen MR) is 125 cm³/mol. The molecule has 0 radical (unpaired) electrons. The number of hydrazone groups is 1. The Bertz CT molecular complexity index is 1390. The molecular formula is C23H23N3O4S2. The molecule has 9 heteroatoms. The maximum absolute atomic E-state index is 13.5. The number of benzene rings is 3. The van der Waals surface area contributed by atoms with E-state index in [9.17, 15) is 16.8 Å². The third kappa shape index (κ3) is 4.53. The Labute approximate surface area is 188 Å². The SMILES string of the molecule is Cc1ccccc1[C@H]1CC(c2cccc(NS(C)(=O)=O)c2)=NN1S(=O)(=O)c1ccccc1. The summed E-state index contributed by atoms with van der Waals surface area (Å²) in [5.74, 6) is 0. The molecule has 1 aliphatic heterocycles. The summed E-state index contributed by atoms with van der Waals surface area (Å²) in [4.78, 5) is 0.163. The maximum atomic E-state index is 13.5. The van der Waals surface area contributed by atoms with E-state index in [4.69, 9.17) is 0 Å². The molecule has 0 bridgehead atoms. The number of anilines is 1. The molecule has 0 saturated carbocycles. The number of rotatable bonds is 6. The average molecular weight is 470 g/mol. The van der Waals surface area contributed by atoms with Crippen molar-refractivity contribution in [2.24, 2.45) is 5.10 Å². The lowest BCUT2D eigenvalue weighted by Crippen LogP contribution is -2.27. The zero-order chi connectivity index (χ0) is 22.9. The second-order valence-corrected chi connectivity index (χ2v) is 11.2. The molecule has 0 unspecified atom stereocenters. The first-order valence-corrected chi connectivity index (χ1v) is 13.3. The number of hydrogen-bond donors (Lipinski definition) is 1. The lowest BCUT2D eigenvalue weighted by atomic mass is 9.96. The fourth-order valence-electron chi connectivity index (χ4n) is 3.75. The van der Waals surface area contributed by atoms with Crippen LogP contribution in [0.1, 0.15) is 29.2 Å². The van der Waals surface area contributed by atoms with Crippen molar-refractivity contribution in [1.82, 2.24) is 4.41 Å². The Morgan fingerprint density at radius 2 is 1.59 bits per heavy atom. The summed E-state index contributed by atoms with van der Waals surface area (Å²) in [6.45, 7) is 1.94. The molecule has 0 fully saturated rings. The zero-order valence-electron chi connectivity index (χ0n) is 17.6. The predicted octanol–water partition coefficient (Wildman–Crippen LogP) is 3.91. The van der Waals surface area contributed by atoms with Gasteiger partial charge in [-0.25, -0.2) is 8.42 Å². The lowest BCUT2D eigenvalue weighted by Gasteiger charge is -2.24. The van der Waals surface area contributed by atoms with Crippen LogP contribution in [0.2, 0.25) is 0 Å². The topological polar surface area (TPSA) is 95.9 Å². The van der Waals surface area contributed by atoms with Crippen molar-refractivity contribution in [1.29, 1.82) is 0 Å². The summed E-state index contributed by atoms with van der Waals surface area (Å²) in [5, 5.41) is 4.53. The Morgan fingerprint density at radius 1 is 0.906 bits per heavy atom. The number of hydrogen-bond acceptors (Lipinski definition) is 5. The van der Waals surface area contributed by atoms with Crippen LogP contribution in [-0.2, 0) is 20.0 Å². The van der Waals surface area contributed by atoms with E-state index in [0.717, 1.165) is 17.4 Å². The van der Waals surface area contributed by atoms with E-state index >= 15 is 0 Å². The van der Waals surface area contributed by atoms with Crippen LogP contribution in [0.25, 0.3) is 0 Å². The summed E-state index contributed by atoms with van der Waals surface area (Å²) in [7, 11) is -7.34. The highest BCUT2D eigenvalue weighted by Gasteiger charge is 2.38. The van der Waals surface area contributed by atoms with Crippen molar-refractivity contribution in [3.63, 3.8) is 0 Å². The van der Waals surface area contributed by atoms with Gasteiger partial charge in [0, 0.05) is 12.1 Å². The number of nitrogens with one attached hydrogen (secondary N) is 1. The highest BCUT2D eigenvalue weighted by Crippen LogP contribution is 2.38. The van der Waals surface area contributed by atoms with Gasteiger partial charge in [0.15, 0.2) is 0 Å². The van der Waals surface area contributed by atoms with Crippen LogP contribution in [0.15, 0.2) is 88.9 Å². The largest absolute Gasteiger partial charge is 0.284 e. The Morgan fingerprint density at radius 3 is 2.28 bits per heavy atom. The molecule has 32 heavy (non-hydrogen) atoms. The van der Waals surface area contributed by atoms with Gasteiger partial charge in [-0.05, 0) is 47.9 Å². The van der Waals surface area contributed by atoms with E-state index < -0.39 is 26.1 Å². The molecule has 3 aromatic rings. The summed E-state index contributed by atoms with van der Waals surface area (Å²) in [5.41, 5.74) is 3.45. The molecule has 1 N–H and O–H groups in total. The molecule has 1 atom stereocenters. The summed E-state index contributed by atoms with van der Waals surface area (Å²) in [6, 6.07) is 22.1. The van der Waals surface area contributed by atoms with E-state index in [1.165, 1.54) is 4.41 Å². The molecular weight excluding hydrogens is 446 g/mol. The second kappa shape index (κ2) is 8.40. The minimum Gasteiger partial charge on any atom is -0.284 e. The van der Waals surface area contributed by atoms with Crippen LogP contribution in [-0.4, -0.2) is 33.2 Å². The van der Waals surface area contributed by atoms with E-state index in [2.05, 4.69) is 9.82 Å². The molecule has 1 heterocycles. The Balaban J connectivity index is 1.80. The fraction of sp³-hybridized carbons (Fsp3) is 0.174. The first-order chi connectivity index (χ1) is 15.1. The van der Waals surface area contributed by atoms with Gasteiger partial charge in [0.1, 0.15) is 0 Å². The van der Waals surface area contributed by atoms with Crippen molar-refractivity contribution in [3.05, 3.63) is 95.6 Å². The van der Waals surface area contributed by atoms with Gasteiger partial charge >= 0.3 is 0 Å². The Kier molecular flexibility index (Phi) is 5.79. The normalized spacial score (nSPS) is 16.6. The van der Waals surface area contributed by atoms with E-state index in [1.807, 2.05) is 31.2 Å². The minimum atomic E-state index is -3.90. The molecule has 0 spiro atoms. The standard InChI is InChI=1S/C23H23N3O4S2/c1-17-9-6-7-14-21(17)23-16-22(18-10-8-11-19(15-18)25-31(2,27)28)24-26(23)32(29,30)20-12-4-3-5-13-20/h3-15,23,25H,16H2,1-2H3/t23-/m1/s1. The monoisotopic (exact) mass is 469 g/mol. The van der Waals surface area contributed by atoms with Gasteiger partial charge in [-0.1, -0.05) is 54.6 Å². The van der Waals surface area contributed by atoms with Crippen LogP contribution in [0.4, 0.5) is 5.69 Å². The molecule has 3 aromatic carbocycles. The van der Waals surface area contributed by atoms with E-state index in [0.29, 0.717) is 23.4 Å². The van der Waals surface area contributed by atoms with Crippen LogP contribution in [0.5, 0.6) is 0 Å². The van der Waals surface area contributed by atoms with Crippen molar-refractivity contribution in [2.45, 2.75) is 24.3 Å². The van der Waals surface area contributed by atoms with E-state index in [-0.39, 0.29) is 4.90 Å². The summed E-state index contributed by atoms with van der Waals surface area (Å²) in [6.07, 6.45) is 1.44. The fourth-order valence-corrected chi connectivity index (χ4v) is 5.76. The van der Waals surface area contributed by atoms with Crippen molar-refractivity contribution in [2.75, 3.05) is 11.0 Å². The molecule has 0 aromatic heterocycles. The highest BCUT2D eigenvalue weighted by molar-refractivity contribution is 7.92. The van der Waals surface area contributed by atoms with Gasteiger partial charge in [0.2, 0.25) is 10.0 Å². The third-order valence-corrected chi connectivity index (χ3v) is 7.51. The summed E-state index contributed by atoms with van der Waals surface area (Å²) < 4.78 is 53.8. The van der Waals surface area contributed by atoms with Crippen molar-refractivity contribution < 1.29 is 16.8 Å². The van der Waals surface area contributed by atoms with Crippen molar-refractivity contribution in [3.8, 4) is 0 Å². The van der Waals surface area contributed by atoms with Crippen molar-refractivity contribution >= 4 is 31.4 Å². The molecule has 0 amide bonds. The Hall–Kier alpha value is -3.17. The molecule has 1 aliphatic rings. The van der Waals surface area contributed by atoms with Gasteiger partial charge in [-0.2, -0.15) is 17.9 Å². The second-order valence-electron chi connectivity index (χ2n) is 7.67. The third-order valence-electron chi connectivity index (χ3n) is 5.21. The van der Waals surface area contributed by atoms with Gasteiger partial charge in [0.05, 0.1) is 22.9 Å². The van der Waals surface area contributed by atoms with E-state index in [1.54, 1.807) is 54.6 Å². The van der Waals surface area contributed by atoms with Gasteiger partial charge in [-0.15, -0.1) is 0 Å². The highest BCUT2D eigenvalue weighted by atomic mass is 32.2. The number of nitrogens with zero attached hydrogens (tertiary/aromatic N) is 2. The smallest absolute Gasteiger partial charge is 0.279 e. The molecule has 0 aliphatic carbocycles. The van der Waals surface area contributed by atoms with Crippen LogP contribution in [0, 0.1) is 6.92 Å². The zero-order valence-corrected chi connectivity index (χ0v) is 19.3. The lowest BCUT2D eigenvalue weighted by molar-refractivity contribution is 0.370. The molecule has 7 nitrogen and oxygen atoms in total. The number of aryl methyl sites for hydroxylation is 1. The minimum absolute atomic E-state index is 0.163. The molecule has 166 valence electrons. The quantitative estimate of drug-likeness (QED) is 0.592. The average Bonchev–Trinajstić information content (AvgIpc) is 3.20. The van der Waals surface area contributed by atoms with Crippen LogP contribution < -0.4 is 4.72 Å². The van der Waals surface area contributed by atoms with Gasteiger partial charge in [-0.3, -0.25) is 4.72 Å². The van der Waals surface area contributed by atoms with Crippen LogP contribution in [0.3, 0.4) is 0 Å². The van der Waals surface area contributed by atoms with Gasteiger partial charge in [0.25, 0.3) is 10.0 Å². The summed E-state index contributed by atoms with van der Waals surface area (Å²) >= 11 is 0. The van der Waals surface area contributed by atoms with Crippen LogP contribution >= 0.6 is 0 Å². The first kappa shape index (κ1) is 22.0.